The number of imidazole rings is 1. The van der Waals surface area contributed by atoms with Crippen molar-refractivity contribution in [2.45, 2.75) is 31.1 Å². The third-order valence-corrected chi connectivity index (χ3v) is 5.03. The zero-order chi connectivity index (χ0) is 19.8. The number of phenolic OH excluding ortho intramolecular Hbond substituents is 1. The van der Waals surface area contributed by atoms with Crippen molar-refractivity contribution in [1.82, 2.24) is 19.5 Å². The number of anilines is 1. The van der Waals surface area contributed by atoms with Crippen LogP contribution in [0.2, 0.25) is 5.02 Å². The standard InChI is InChI=1S/C17H18ClN5O5/c18-9-2-1-3-10(25)8(9)4-19-15-12-16(21-6-20-15)23(7-22-12)17-14(27)13(26)11(5-24)28-17/h1-3,6-7,11,13-14,17,24-27H,4-5H2,(H,19,20,21)/t11-,13-,14-,17?/m1/s1. The second-order valence-corrected chi connectivity index (χ2v) is 6.77. The third-order valence-electron chi connectivity index (χ3n) is 4.68. The summed E-state index contributed by atoms with van der Waals surface area (Å²) in [4.78, 5) is 12.6. The number of benzene rings is 1. The van der Waals surface area contributed by atoms with E-state index in [4.69, 9.17) is 16.3 Å². The van der Waals surface area contributed by atoms with E-state index < -0.39 is 31.1 Å². The largest absolute Gasteiger partial charge is 0.508 e. The lowest BCUT2D eigenvalue weighted by Crippen LogP contribution is -2.33. The SMILES string of the molecule is OC[C@H]1OC(n2cnc3c(NCc4c(O)cccc4Cl)ncnc32)[C@H](O)[C@@H]1O. The summed E-state index contributed by atoms with van der Waals surface area (Å²) in [6.07, 6.45) is -1.60. The van der Waals surface area contributed by atoms with Crippen LogP contribution >= 0.6 is 11.6 Å². The van der Waals surface area contributed by atoms with E-state index >= 15 is 0 Å². The van der Waals surface area contributed by atoms with Gasteiger partial charge in [-0.25, -0.2) is 15.0 Å². The summed E-state index contributed by atoms with van der Waals surface area (Å²) in [6.45, 7) is -0.219. The summed E-state index contributed by atoms with van der Waals surface area (Å²) in [7, 11) is 0. The number of aliphatic hydroxyl groups is 3. The summed E-state index contributed by atoms with van der Waals surface area (Å²) in [5.41, 5.74) is 1.29. The minimum Gasteiger partial charge on any atom is -0.508 e. The number of hydrogen-bond donors (Lipinski definition) is 5. The van der Waals surface area contributed by atoms with Gasteiger partial charge in [-0.05, 0) is 12.1 Å². The van der Waals surface area contributed by atoms with Crippen LogP contribution in [0.5, 0.6) is 5.75 Å². The average molecular weight is 408 g/mol. The van der Waals surface area contributed by atoms with E-state index in [0.29, 0.717) is 27.6 Å². The van der Waals surface area contributed by atoms with Gasteiger partial charge in [-0.3, -0.25) is 4.57 Å². The van der Waals surface area contributed by atoms with Crippen LogP contribution in [0.25, 0.3) is 11.2 Å². The Balaban J connectivity index is 1.62. The van der Waals surface area contributed by atoms with E-state index in [9.17, 15) is 20.4 Å². The minimum absolute atomic E-state index is 0.0577. The normalized spacial score (nSPS) is 24.7. The third kappa shape index (κ3) is 3.15. The zero-order valence-electron chi connectivity index (χ0n) is 14.5. The highest BCUT2D eigenvalue weighted by molar-refractivity contribution is 6.31. The van der Waals surface area contributed by atoms with Crippen molar-refractivity contribution >= 4 is 28.6 Å². The van der Waals surface area contributed by atoms with Crippen LogP contribution in [0.4, 0.5) is 5.82 Å². The number of hydrogen-bond acceptors (Lipinski definition) is 9. The minimum atomic E-state index is -1.25. The van der Waals surface area contributed by atoms with Gasteiger partial charge in [0.05, 0.1) is 12.9 Å². The van der Waals surface area contributed by atoms with Gasteiger partial charge < -0.3 is 30.5 Å². The van der Waals surface area contributed by atoms with Crippen LogP contribution < -0.4 is 5.32 Å². The fourth-order valence-electron chi connectivity index (χ4n) is 3.17. The van der Waals surface area contributed by atoms with E-state index in [1.165, 1.54) is 23.3 Å². The van der Waals surface area contributed by atoms with E-state index in [1.807, 2.05) is 0 Å². The topological polar surface area (TPSA) is 146 Å². The van der Waals surface area contributed by atoms with Gasteiger partial charge in [0.25, 0.3) is 0 Å². The van der Waals surface area contributed by atoms with Gasteiger partial charge in [-0.15, -0.1) is 0 Å². The zero-order valence-corrected chi connectivity index (χ0v) is 15.2. The molecule has 0 bridgehead atoms. The highest BCUT2D eigenvalue weighted by Crippen LogP contribution is 2.32. The Morgan fingerprint density at radius 3 is 2.71 bits per heavy atom. The molecule has 10 nitrogen and oxygen atoms in total. The summed E-state index contributed by atoms with van der Waals surface area (Å²) < 4.78 is 7.00. The lowest BCUT2D eigenvalue weighted by atomic mass is 10.1. The van der Waals surface area contributed by atoms with Crippen LogP contribution in [0.1, 0.15) is 11.8 Å². The van der Waals surface area contributed by atoms with Gasteiger partial charge >= 0.3 is 0 Å². The van der Waals surface area contributed by atoms with Gasteiger partial charge in [-0.1, -0.05) is 17.7 Å². The fourth-order valence-corrected chi connectivity index (χ4v) is 3.41. The molecule has 0 aliphatic carbocycles. The number of aromatic hydroxyl groups is 1. The van der Waals surface area contributed by atoms with Crippen molar-refractivity contribution in [3.63, 3.8) is 0 Å². The average Bonchev–Trinajstić information content (AvgIpc) is 3.23. The number of ether oxygens (including phenoxy) is 1. The summed E-state index contributed by atoms with van der Waals surface area (Å²) in [6, 6.07) is 4.85. The number of nitrogens with zero attached hydrogens (tertiary/aromatic N) is 4. The molecule has 11 heteroatoms. The van der Waals surface area contributed by atoms with Crippen LogP contribution in [0.3, 0.4) is 0 Å². The number of rotatable bonds is 5. The Labute approximate surface area is 164 Å². The Hall–Kier alpha value is -2.50. The van der Waals surface area contributed by atoms with Crippen molar-refractivity contribution in [2.24, 2.45) is 0 Å². The predicted octanol–water partition coefficient (Wildman–Crippen LogP) is 0.409. The molecule has 1 unspecified atom stereocenters. The van der Waals surface area contributed by atoms with Crippen LogP contribution in [0, 0.1) is 0 Å². The molecular weight excluding hydrogens is 390 g/mol. The Bertz CT molecular complexity index is 979. The van der Waals surface area contributed by atoms with Gasteiger partial charge in [0.15, 0.2) is 23.2 Å². The first kappa shape index (κ1) is 18.8. The molecule has 28 heavy (non-hydrogen) atoms. The molecule has 148 valence electrons. The smallest absolute Gasteiger partial charge is 0.167 e. The highest BCUT2D eigenvalue weighted by atomic mass is 35.5. The molecule has 5 N–H and O–H groups in total. The molecule has 1 aliphatic rings. The van der Waals surface area contributed by atoms with E-state index in [1.54, 1.807) is 12.1 Å². The lowest BCUT2D eigenvalue weighted by molar-refractivity contribution is -0.0511. The molecule has 0 radical (unpaired) electrons. The van der Waals surface area contributed by atoms with Gasteiger partial charge in [0, 0.05) is 17.1 Å². The molecule has 1 aromatic carbocycles. The van der Waals surface area contributed by atoms with Crippen molar-refractivity contribution in [2.75, 3.05) is 11.9 Å². The fraction of sp³-hybridized carbons (Fsp3) is 0.353. The second kappa shape index (κ2) is 7.49. The second-order valence-electron chi connectivity index (χ2n) is 6.37. The number of fused-ring (bicyclic) bond motifs is 1. The van der Waals surface area contributed by atoms with E-state index in [-0.39, 0.29) is 12.3 Å². The first-order chi connectivity index (χ1) is 13.5. The molecule has 3 aromatic rings. The maximum atomic E-state index is 10.2. The van der Waals surface area contributed by atoms with E-state index in [2.05, 4.69) is 20.3 Å². The van der Waals surface area contributed by atoms with Crippen LogP contribution in [-0.2, 0) is 11.3 Å². The first-order valence-corrected chi connectivity index (χ1v) is 8.89. The van der Waals surface area contributed by atoms with Crippen molar-refractivity contribution in [3.05, 3.63) is 41.4 Å². The molecule has 4 atom stereocenters. The van der Waals surface area contributed by atoms with Gasteiger partial charge in [-0.2, -0.15) is 0 Å². The highest BCUT2D eigenvalue weighted by Gasteiger charge is 2.44. The molecular formula is C17H18ClN5O5. The Morgan fingerprint density at radius 2 is 2.00 bits per heavy atom. The quantitative estimate of drug-likeness (QED) is 0.405. The van der Waals surface area contributed by atoms with Crippen molar-refractivity contribution in [3.8, 4) is 5.75 Å². The molecule has 2 aromatic heterocycles. The van der Waals surface area contributed by atoms with Gasteiger partial charge in [0.1, 0.15) is 30.4 Å². The molecule has 4 rings (SSSR count). The monoisotopic (exact) mass is 407 g/mol. The summed E-state index contributed by atoms with van der Waals surface area (Å²) in [5, 5.41) is 42.9. The molecule has 0 saturated carbocycles. The first-order valence-electron chi connectivity index (χ1n) is 8.51. The van der Waals surface area contributed by atoms with Crippen LogP contribution in [-0.4, -0.2) is 64.9 Å². The van der Waals surface area contributed by atoms with Crippen molar-refractivity contribution in [1.29, 1.82) is 0 Å². The van der Waals surface area contributed by atoms with Crippen molar-refractivity contribution < 1.29 is 25.2 Å². The Morgan fingerprint density at radius 1 is 1.18 bits per heavy atom. The van der Waals surface area contributed by atoms with E-state index in [0.717, 1.165) is 0 Å². The number of aromatic nitrogens is 4. The maximum absolute atomic E-state index is 10.2. The Kier molecular flexibility index (Phi) is 5.04. The van der Waals surface area contributed by atoms with Crippen LogP contribution in [0.15, 0.2) is 30.9 Å². The summed E-state index contributed by atoms with van der Waals surface area (Å²) >= 11 is 6.12. The number of aliphatic hydroxyl groups excluding tert-OH is 3. The lowest BCUT2D eigenvalue weighted by Gasteiger charge is -2.16. The molecule has 0 amide bonds. The molecule has 3 heterocycles. The number of nitrogens with one attached hydrogen (secondary N) is 1. The molecule has 1 aliphatic heterocycles. The predicted molar refractivity (Wildman–Crippen MR) is 98.8 cm³/mol. The number of phenols is 1. The molecule has 0 spiro atoms. The molecule has 1 saturated heterocycles. The summed E-state index contributed by atoms with van der Waals surface area (Å²) in [5.74, 6) is 0.456. The number of halogens is 1. The van der Waals surface area contributed by atoms with Gasteiger partial charge in [0.2, 0.25) is 0 Å². The molecule has 1 fully saturated rings. The maximum Gasteiger partial charge on any atom is 0.167 e.